The van der Waals surface area contributed by atoms with Crippen LogP contribution < -0.4 is 5.32 Å². The standard InChI is InChI=1S/C14H14N2O2S2/c17-11-4-3-10(13-9(11)2-1-5-15-13)16-14(18)12-8-19-6-7-20-12/h1-5,12,17H,6-8H2,(H,16,18). The molecule has 1 unspecified atom stereocenters. The number of phenols is 1. The molecule has 104 valence electrons. The average Bonchev–Trinajstić information content (AvgIpc) is 2.51. The van der Waals surface area contributed by atoms with Gasteiger partial charge in [-0.25, -0.2) is 0 Å². The van der Waals surface area contributed by atoms with Gasteiger partial charge in [0.05, 0.1) is 16.5 Å². The lowest BCUT2D eigenvalue weighted by Crippen LogP contribution is -2.30. The summed E-state index contributed by atoms with van der Waals surface area (Å²) in [4.78, 5) is 16.5. The molecule has 1 amide bonds. The van der Waals surface area contributed by atoms with Crippen LogP contribution in [0.5, 0.6) is 5.75 Å². The summed E-state index contributed by atoms with van der Waals surface area (Å²) in [6.45, 7) is 0. The van der Waals surface area contributed by atoms with Crippen molar-refractivity contribution < 1.29 is 9.90 Å². The Morgan fingerprint density at radius 3 is 3.05 bits per heavy atom. The molecule has 1 atom stereocenters. The van der Waals surface area contributed by atoms with Crippen LogP contribution in [0.25, 0.3) is 10.9 Å². The van der Waals surface area contributed by atoms with Gasteiger partial charge in [0, 0.05) is 28.8 Å². The number of thioether (sulfide) groups is 2. The summed E-state index contributed by atoms with van der Waals surface area (Å²) < 4.78 is 0. The zero-order valence-electron chi connectivity index (χ0n) is 10.7. The zero-order chi connectivity index (χ0) is 13.9. The maximum atomic E-state index is 12.3. The summed E-state index contributed by atoms with van der Waals surface area (Å²) in [5.41, 5.74) is 1.27. The molecular weight excluding hydrogens is 292 g/mol. The Bertz CT molecular complexity index is 642. The molecule has 4 nitrogen and oxygen atoms in total. The molecule has 0 bridgehead atoms. The number of nitrogens with one attached hydrogen (secondary N) is 1. The zero-order valence-corrected chi connectivity index (χ0v) is 12.3. The van der Waals surface area contributed by atoms with Crippen LogP contribution in [-0.4, -0.2) is 38.5 Å². The van der Waals surface area contributed by atoms with E-state index >= 15 is 0 Å². The predicted octanol–water partition coefficient (Wildman–Crippen LogP) is 2.73. The molecule has 1 aromatic carbocycles. The van der Waals surface area contributed by atoms with E-state index in [1.54, 1.807) is 42.2 Å². The second-order valence-corrected chi connectivity index (χ2v) is 6.92. The van der Waals surface area contributed by atoms with Gasteiger partial charge in [-0.05, 0) is 24.3 Å². The number of carbonyl (C=O) groups is 1. The molecule has 0 radical (unpaired) electrons. The number of nitrogens with zero attached hydrogens (tertiary/aromatic N) is 1. The van der Waals surface area contributed by atoms with Crippen molar-refractivity contribution in [2.45, 2.75) is 5.25 Å². The fourth-order valence-corrected chi connectivity index (χ4v) is 4.67. The predicted molar refractivity (Wildman–Crippen MR) is 85.6 cm³/mol. The first kappa shape index (κ1) is 13.6. The number of fused-ring (bicyclic) bond motifs is 1. The summed E-state index contributed by atoms with van der Waals surface area (Å²) in [5.74, 6) is 3.16. The lowest BCUT2D eigenvalue weighted by Gasteiger charge is -2.20. The lowest BCUT2D eigenvalue weighted by molar-refractivity contribution is -0.115. The van der Waals surface area contributed by atoms with E-state index in [9.17, 15) is 9.90 Å². The Morgan fingerprint density at radius 1 is 1.35 bits per heavy atom. The third kappa shape index (κ3) is 2.71. The number of benzene rings is 1. The number of anilines is 1. The molecule has 1 aromatic heterocycles. The topological polar surface area (TPSA) is 62.2 Å². The van der Waals surface area contributed by atoms with Gasteiger partial charge >= 0.3 is 0 Å². The fourth-order valence-electron chi connectivity index (χ4n) is 2.11. The number of pyridine rings is 1. The first-order chi connectivity index (χ1) is 9.75. The van der Waals surface area contributed by atoms with Crippen LogP contribution in [0.1, 0.15) is 0 Å². The molecular formula is C14H14N2O2S2. The third-order valence-corrected chi connectivity index (χ3v) is 5.87. The van der Waals surface area contributed by atoms with E-state index in [1.807, 2.05) is 11.8 Å². The van der Waals surface area contributed by atoms with Crippen molar-refractivity contribution in [3.63, 3.8) is 0 Å². The number of aromatic hydroxyl groups is 1. The van der Waals surface area contributed by atoms with Gasteiger partial charge < -0.3 is 10.4 Å². The van der Waals surface area contributed by atoms with Crippen molar-refractivity contribution >= 4 is 46.0 Å². The second kappa shape index (κ2) is 5.93. The molecule has 2 heterocycles. The Morgan fingerprint density at radius 2 is 2.25 bits per heavy atom. The minimum absolute atomic E-state index is 0.0127. The van der Waals surface area contributed by atoms with Gasteiger partial charge in [0.25, 0.3) is 0 Å². The molecule has 1 aliphatic heterocycles. The van der Waals surface area contributed by atoms with Crippen molar-refractivity contribution in [2.75, 3.05) is 22.6 Å². The average molecular weight is 306 g/mol. The van der Waals surface area contributed by atoms with Crippen LogP contribution in [0, 0.1) is 0 Å². The largest absolute Gasteiger partial charge is 0.507 e. The van der Waals surface area contributed by atoms with Crippen LogP contribution in [0.2, 0.25) is 0 Å². The van der Waals surface area contributed by atoms with Crippen LogP contribution in [0.4, 0.5) is 5.69 Å². The summed E-state index contributed by atoms with van der Waals surface area (Å²) >= 11 is 3.51. The normalized spacial score (nSPS) is 18.9. The van der Waals surface area contributed by atoms with Crippen molar-refractivity contribution in [3.05, 3.63) is 30.5 Å². The highest BCUT2D eigenvalue weighted by molar-refractivity contribution is 8.07. The van der Waals surface area contributed by atoms with E-state index in [4.69, 9.17) is 0 Å². The van der Waals surface area contributed by atoms with Gasteiger partial charge in [0.15, 0.2) is 0 Å². The maximum Gasteiger partial charge on any atom is 0.238 e. The van der Waals surface area contributed by atoms with Crippen LogP contribution in [0.3, 0.4) is 0 Å². The van der Waals surface area contributed by atoms with E-state index in [2.05, 4.69) is 10.3 Å². The first-order valence-electron chi connectivity index (χ1n) is 6.32. The quantitative estimate of drug-likeness (QED) is 0.835. The molecule has 0 aliphatic carbocycles. The number of hydrogen-bond acceptors (Lipinski definition) is 5. The summed E-state index contributed by atoms with van der Waals surface area (Å²) in [6.07, 6.45) is 1.66. The Kier molecular flexibility index (Phi) is 4.03. The van der Waals surface area contributed by atoms with Crippen molar-refractivity contribution in [2.24, 2.45) is 0 Å². The molecule has 6 heteroatoms. The van der Waals surface area contributed by atoms with Crippen molar-refractivity contribution in [1.29, 1.82) is 0 Å². The van der Waals surface area contributed by atoms with Crippen LogP contribution >= 0.6 is 23.5 Å². The number of carbonyl (C=O) groups excluding carboxylic acids is 1. The van der Waals surface area contributed by atoms with Gasteiger partial charge in [-0.3, -0.25) is 9.78 Å². The second-order valence-electron chi connectivity index (χ2n) is 4.46. The maximum absolute atomic E-state index is 12.3. The smallest absolute Gasteiger partial charge is 0.238 e. The minimum atomic E-state index is -0.0127. The third-order valence-electron chi connectivity index (χ3n) is 3.11. The van der Waals surface area contributed by atoms with Gasteiger partial charge in [-0.1, -0.05) is 0 Å². The Hall–Kier alpha value is -1.40. The molecule has 1 saturated heterocycles. The summed E-state index contributed by atoms with van der Waals surface area (Å²) in [6, 6.07) is 6.84. The fraction of sp³-hybridized carbons (Fsp3) is 0.286. The van der Waals surface area contributed by atoms with Gasteiger partial charge in [-0.2, -0.15) is 11.8 Å². The van der Waals surface area contributed by atoms with E-state index in [-0.39, 0.29) is 16.9 Å². The molecule has 0 spiro atoms. The molecule has 0 saturated carbocycles. The van der Waals surface area contributed by atoms with E-state index in [1.165, 1.54) is 0 Å². The Labute approximate surface area is 125 Å². The highest BCUT2D eigenvalue weighted by Crippen LogP contribution is 2.30. The van der Waals surface area contributed by atoms with Crippen molar-refractivity contribution in [1.82, 2.24) is 4.98 Å². The van der Waals surface area contributed by atoms with Crippen LogP contribution in [0.15, 0.2) is 30.5 Å². The molecule has 3 rings (SSSR count). The number of hydrogen-bond donors (Lipinski definition) is 2. The molecule has 1 fully saturated rings. The highest BCUT2D eigenvalue weighted by Gasteiger charge is 2.22. The molecule has 1 aliphatic rings. The first-order valence-corrected chi connectivity index (χ1v) is 8.53. The van der Waals surface area contributed by atoms with Crippen molar-refractivity contribution in [3.8, 4) is 5.75 Å². The minimum Gasteiger partial charge on any atom is -0.507 e. The van der Waals surface area contributed by atoms with Gasteiger partial charge in [-0.15, -0.1) is 11.8 Å². The van der Waals surface area contributed by atoms with Gasteiger partial charge in [0.1, 0.15) is 5.75 Å². The molecule has 2 aromatic rings. The van der Waals surface area contributed by atoms with Crippen LogP contribution in [-0.2, 0) is 4.79 Å². The number of amides is 1. The Balaban J connectivity index is 1.87. The summed E-state index contributed by atoms with van der Waals surface area (Å²) in [7, 11) is 0. The number of rotatable bonds is 2. The number of aromatic nitrogens is 1. The molecule has 2 N–H and O–H groups in total. The molecule has 20 heavy (non-hydrogen) atoms. The summed E-state index contributed by atoms with van der Waals surface area (Å²) in [5, 5.41) is 13.4. The monoisotopic (exact) mass is 306 g/mol. The lowest BCUT2D eigenvalue weighted by atomic mass is 10.1. The van der Waals surface area contributed by atoms with E-state index in [0.717, 1.165) is 17.3 Å². The highest BCUT2D eigenvalue weighted by atomic mass is 32.2. The van der Waals surface area contributed by atoms with E-state index in [0.29, 0.717) is 16.6 Å². The number of phenolic OH excluding ortho intramolecular Hbond substituents is 1. The van der Waals surface area contributed by atoms with E-state index < -0.39 is 0 Å². The SMILES string of the molecule is O=C(Nc1ccc(O)c2cccnc12)C1CSCCS1. The van der Waals surface area contributed by atoms with Gasteiger partial charge in [0.2, 0.25) is 5.91 Å².